The summed E-state index contributed by atoms with van der Waals surface area (Å²) in [5.41, 5.74) is 4.03. The minimum absolute atomic E-state index is 0.221. The van der Waals surface area contributed by atoms with Crippen molar-refractivity contribution in [1.29, 1.82) is 0 Å². The second-order valence-corrected chi connectivity index (χ2v) is 4.18. The molecule has 2 aromatic heterocycles. The molecular formula is C11H18N8O. The third kappa shape index (κ3) is 3.32. The van der Waals surface area contributed by atoms with Crippen LogP contribution in [0.2, 0.25) is 0 Å². The first-order chi connectivity index (χ1) is 9.62. The Morgan fingerprint density at radius 2 is 2.05 bits per heavy atom. The summed E-state index contributed by atoms with van der Waals surface area (Å²) in [5.74, 6) is 5.92. The predicted octanol–water partition coefficient (Wildman–Crippen LogP) is 0.732. The van der Waals surface area contributed by atoms with Crippen molar-refractivity contribution < 1.29 is 4.74 Å². The van der Waals surface area contributed by atoms with Gasteiger partial charge in [0.25, 0.3) is 0 Å². The van der Waals surface area contributed by atoms with Gasteiger partial charge in [-0.05, 0) is 13.3 Å². The Balaban J connectivity index is 2.23. The quantitative estimate of drug-likeness (QED) is 0.523. The molecule has 0 atom stereocenters. The standard InChI is InChI=1S/C11H18N8O/c1-4-5-20-11-15-9(14-10(16-11)17-12)13-8-6-19(3)18-7(8)2/h6H,4-5,12H2,1-3H3,(H2,13,14,15,16,17). The van der Waals surface area contributed by atoms with Crippen molar-refractivity contribution in [3.8, 4) is 6.01 Å². The van der Waals surface area contributed by atoms with Crippen molar-refractivity contribution in [2.75, 3.05) is 17.3 Å². The number of hydrogen-bond acceptors (Lipinski definition) is 8. The van der Waals surface area contributed by atoms with E-state index in [1.54, 1.807) is 4.68 Å². The van der Waals surface area contributed by atoms with E-state index in [1.807, 2.05) is 27.1 Å². The summed E-state index contributed by atoms with van der Waals surface area (Å²) in [5, 5.41) is 7.30. The van der Waals surface area contributed by atoms with Gasteiger partial charge in [0, 0.05) is 13.2 Å². The van der Waals surface area contributed by atoms with E-state index < -0.39 is 0 Å². The lowest BCUT2D eigenvalue weighted by atomic mass is 10.4. The maximum Gasteiger partial charge on any atom is 0.323 e. The van der Waals surface area contributed by atoms with E-state index in [1.165, 1.54) is 0 Å². The van der Waals surface area contributed by atoms with Gasteiger partial charge in [0.1, 0.15) is 0 Å². The molecule has 0 aliphatic heterocycles. The topological polar surface area (TPSA) is 116 Å². The zero-order valence-electron chi connectivity index (χ0n) is 11.7. The molecule has 2 rings (SSSR count). The molecule has 9 nitrogen and oxygen atoms in total. The Morgan fingerprint density at radius 3 is 2.65 bits per heavy atom. The van der Waals surface area contributed by atoms with Gasteiger partial charge in [-0.3, -0.25) is 10.1 Å². The monoisotopic (exact) mass is 278 g/mol. The van der Waals surface area contributed by atoms with Gasteiger partial charge in [0.15, 0.2) is 0 Å². The molecule has 4 N–H and O–H groups in total. The molecular weight excluding hydrogens is 260 g/mol. The van der Waals surface area contributed by atoms with Gasteiger partial charge in [-0.2, -0.15) is 20.1 Å². The fourth-order valence-corrected chi connectivity index (χ4v) is 1.58. The average molecular weight is 278 g/mol. The van der Waals surface area contributed by atoms with E-state index >= 15 is 0 Å². The summed E-state index contributed by atoms with van der Waals surface area (Å²) in [6.07, 6.45) is 2.70. The van der Waals surface area contributed by atoms with Crippen LogP contribution in [0.15, 0.2) is 6.20 Å². The number of aromatic nitrogens is 5. The molecule has 9 heteroatoms. The van der Waals surface area contributed by atoms with Gasteiger partial charge < -0.3 is 10.1 Å². The molecule has 0 fully saturated rings. The number of nitrogens with one attached hydrogen (secondary N) is 2. The Bertz CT molecular complexity index is 582. The Morgan fingerprint density at radius 1 is 1.30 bits per heavy atom. The predicted molar refractivity (Wildman–Crippen MR) is 74.7 cm³/mol. The molecule has 0 aromatic carbocycles. The van der Waals surface area contributed by atoms with Crippen molar-refractivity contribution in [2.45, 2.75) is 20.3 Å². The third-order valence-electron chi connectivity index (χ3n) is 2.44. The second kappa shape index (κ2) is 6.15. The highest BCUT2D eigenvalue weighted by molar-refractivity contribution is 5.55. The second-order valence-electron chi connectivity index (χ2n) is 4.18. The van der Waals surface area contributed by atoms with E-state index in [4.69, 9.17) is 10.6 Å². The molecule has 0 radical (unpaired) electrons. The van der Waals surface area contributed by atoms with Gasteiger partial charge in [-0.25, -0.2) is 5.84 Å². The Hall–Kier alpha value is -2.42. The fourth-order valence-electron chi connectivity index (χ4n) is 1.58. The average Bonchev–Trinajstić information content (AvgIpc) is 2.74. The molecule has 0 bridgehead atoms. The SMILES string of the molecule is CCCOc1nc(NN)nc(Nc2cn(C)nc2C)n1. The molecule has 0 saturated carbocycles. The molecule has 0 spiro atoms. The van der Waals surface area contributed by atoms with Gasteiger partial charge in [-0.15, -0.1) is 0 Å². The summed E-state index contributed by atoms with van der Waals surface area (Å²) in [6, 6.07) is 0.221. The maximum absolute atomic E-state index is 5.39. The van der Waals surface area contributed by atoms with E-state index in [9.17, 15) is 0 Å². The first-order valence-electron chi connectivity index (χ1n) is 6.25. The largest absolute Gasteiger partial charge is 0.463 e. The normalized spacial score (nSPS) is 10.4. The van der Waals surface area contributed by atoms with Crippen molar-refractivity contribution in [3.05, 3.63) is 11.9 Å². The number of hydrogen-bond donors (Lipinski definition) is 3. The van der Waals surface area contributed by atoms with Crippen LogP contribution in [0.4, 0.5) is 17.6 Å². The van der Waals surface area contributed by atoms with E-state index in [0.717, 1.165) is 17.8 Å². The lowest BCUT2D eigenvalue weighted by Gasteiger charge is -2.08. The highest BCUT2D eigenvalue weighted by atomic mass is 16.5. The molecule has 0 aliphatic rings. The Kier molecular flexibility index (Phi) is 4.31. The Labute approximate surface area is 116 Å². The number of nitrogens with zero attached hydrogens (tertiary/aromatic N) is 5. The van der Waals surface area contributed by atoms with Crippen molar-refractivity contribution in [2.24, 2.45) is 12.9 Å². The van der Waals surface area contributed by atoms with Gasteiger partial charge >= 0.3 is 6.01 Å². The van der Waals surface area contributed by atoms with Crippen LogP contribution >= 0.6 is 0 Å². The molecule has 2 aromatic rings. The number of hydrazine groups is 1. The third-order valence-corrected chi connectivity index (χ3v) is 2.44. The van der Waals surface area contributed by atoms with Crippen LogP contribution in [0, 0.1) is 6.92 Å². The number of nitrogens with two attached hydrogens (primary N) is 1. The summed E-state index contributed by atoms with van der Waals surface area (Å²) in [6.45, 7) is 4.42. The van der Waals surface area contributed by atoms with Crippen molar-refractivity contribution in [3.63, 3.8) is 0 Å². The maximum atomic E-state index is 5.39. The zero-order valence-corrected chi connectivity index (χ0v) is 11.7. The van der Waals surface area contributed by atoms with Crippen LogP contribution in [-0.4, -0.2) is 31.3 Å². The van der Waals surface area contributed by atoms with Crippen LogP contribution in [0.25, 0.3) is 0 Å². The summed E-state index contributed by atoms with van der Waals surface area (Å²) in [4.78, 5) is 12.3. The van der Waals surface area contributed by atoms with Crippen molar-refractivity contribution >= 4 is 17.6 Å². The molecule has 0 amide bonds. The number of ether oxygens (including phenoxy) is 1. The number of nitrogen functional groups attached to an aromatic ring is 1. The lowest BCUT2D eigenvalue weighted by Crippen LogP contribution is -2.13. The van der Waals surface area contributed by atoms with Crippen LogP contribution in [-0.2, 0) is 7.05 Å². The smallest absolute Gasteiger partial charge is 0.323 e. The van der Waals surface area contributed by atoms with Gasteiger partial charge in [0.2, 0.25) is 11.9 Å². The van der Waals surface area contributed by atoms with E-state index in [-0.39, 0.29) is 12.0 Å². The summed E-state index contributed by atoms with van der Waals surface area (Å²) in [7, 11) is 1.84. The van der Waals surface area contributed by atoms with Crippen LogP contribution < -0.4 is 21.3 Å². The van der Waals surface area contributed by atoms with Gasteiger partial charge in [-0.1, -0.05) is 6.92 Å². The molecule has 0 saturated heterocycles. The van der Waals surface area contributed by atoms with Crippen molar-refractivity contribution in [1.82, 2.24) is 24.7 Å². The van der Waals surface area contributed by atoms with Gasteiger partial charge in [0.05, 0.1) is 18.0 Å². The molecule has 0 unspecified atom stereocenters. The van der Waals surface area contributed by atoms with Crippen LogP contribution in [0.3, 0.4) is 0 Å². The first kappa shape index (κ1) is 14.0. The fraction of sp³-hybridized carbons (Fsp3) is 0.455. The number of aryl methyl sites for hydroxylation is 2. The lowest BCUT2D eigenvalue weighted by molar-refractivity contribution is 0.292. The molecule has 0 aliphatic carbocycles. The summed E-state index contributed by atoms with van der Waals surface area (Å²) >= 11 is 0. The summed E-state index contributed by atoms with van der Waals surface area (Å²) < 4.78 is 7.10. The molecule has 108 valence electrons. The number of rotatable bonds is 6. The molecule has 20 heavy (non-hydrogen) atoms. The minimum atomic E-state index is 0.221. The van der Waals surface area contributed by atoms with E-state index in [2.05, 4.69) is 30.8 Å². The minimum Gasteiger partial charge on any atom is -0.463 e. The van der Waals surface area contributed by atoms with Crippen LogP contribution in [0.5, 0.6) is 6.01 Å². The first-order valence-corrected chi connectivity index (χ1v) is 6.25. The highest BCUT2D eigenvalue weighted by Gasteiger charge is 2.09. The highest BCUT2D eigenvalue weighted by Crippen LogP contribution is 2.18. The number of anilines is 3. The molecule has 2 heterocycles. The zero-order chi connectivity index (χ0) is 14.5. The van der Waals surface area contributed by atoms with Crippen LogP contribution in [0.1, 0.15) is 19.0 Å². The van der Waals surface area contributed by atoms with E-state index in [0.29, 0.717) is 12.6 Å².